The summed E-state index contributed by atoms with van der Waals surface area (Å²) in [6, 6.07) is 0.897. The van der Waals surface area contributed by atoms with Crippen molar-refractivity contribution in [2.75, 3.05) is 13.1 Å². The van der Waals surface area contributed by atoms with Crippen LogP contribution in [-0.2, 0) is 0 Å². The third-order valence-corrected chi connectivity index (χ3v) is 3.55. The Morgan fingerprint density at radius 2 is 2.00 bits per heavy atom. The van der Waals surface area contributed by atoms with Gasteiger partial charge in [0.2, 0.25) is 0 Å². The molecule has 1 aliphatic heterocycles. The first kappa shape index (κ1) is 11.0. The fourth-order valence-electron chi connectivity index (χ4n) is 2.60. The molecular formula is C12H25N. The third kappa shape index (κ3) is 2.98. The Hall–Kier alpha value is -0.0400. The van der Waals surface area contributed by atoms with E-state index in [-0.39, 0.29) is 0 Å². The number of likely N-dealkylation sites (tertiary alicyclic amines) is 1. The van der Waals surface area contributed by atoms with Crippen LogP contribution >= 0.6 is 0 Å². The molecule has 1 saturated heterocycles. The molecule has 0 amide bonds. The second-order valence-electron chi connectivity index (χ2n) is 4.37. The molecule has 78 valence electrons. The summed E-state index contributed by atoms with van der Waals surface area (Å²) in [6.45, 7) is 9.55. The molecule has 2 atom stereocenters. The van der Waals surface area contributed by atoms with Crippen molar-refractivity contribution in [1.29, 1.82) is 0 Å². The first-order chi connectivity index (χ1) is 6.31. The van der Waals surface area contributed by atoms with Crippen LogP contribution in [-0.4, -0.2) is 24.0 Å². The van der Waals surface area contributed by atoms with Crippen molar-refractivity contribution < 1.29 is 0 Å². The molecule has 1 fully saturated rings. The summed E-state index contributed by atoms with van der Waals surface area (Å²) >= 11 is 0. The first-order valence-corrected chi connectivity index (χ1v) is 6.05. The molecule has 1 nitrogen and oxygen atoms in total. The molecule has 1 heteroatoms. The van der Waals surface area contributed by atoms with E-state index in [1.54, 1.807) is 0 Å². The minimum Gasteiger partial charge on any atom is -0.301 e. The normalized spacial score (nSPS) is 30.7. The highest BCUT2D eigenvalue weighted by Gasteiger charge is 2.25. The van der Waals surface area contributed by atoms with Crippen molar-refractivity contribution in [3.8, 4) is 0 Å². The number of rotatable bonds is 4. The van der Waals surface area contributed by atoms with Crippen LogP contribution in [0.15, 0.2) is 0 Å². The molecule has 0 aliphatic carbocycles. The number of nitrogens with zero attached hydrogens (tertiary/aromatic N) is 1. The summed E-state index contributed by atoms with van der Waals surface area (Å²) in [7, 11) is 0. The van der Waals surface area contributed by atoms with E-state index < -0.39 is 0 Å². The second-order valence-corrected chi connectivity index (χ2v) is 4.37. The van der Waals surface area contributed by atoms with Gasteiger partial charge in [-0.1, -0.05) is 33.6 Å². The zero-order chi connectivity index (χ0) is 9.68. The summed E-state index contributed by atoms with van der Waals surface area (Å²) in [5.74, 6) is 1.01. The van der Waals surface area contributed by atoms with E-state index in [1.165, 1.54) is 45.2 Å². The summed E-state index contributed by atoms with van der Waals surface area (Å²) in [6.07, 6.45) is 7.03. The second kappa shape index (κ2) is 5.64. The Labute approximate surface area is 83.5 Å². The highest BCUT2D eigenvalue weighted by molar-refractivity contribution is 4.80. The topological polar surface area (TPSA) is 3.24 Å². The molecule has 1 heterocycles. The molecule has 0 saturated carbocycles. The van der Waals surface area contributed by atoms with Crippen LogP contribution < -0.4 is 0 Å². The maximum absolute atomic E-state index is 2.68. The molecule has 0 N–H and O–H groups in total. The van der Waals surface area contributed by atoms with Gasteiger partial charge in [0.1, 0.15) is 0 Å². The number of hydrogen-bond donors (Lipinski definition) is 0. The maximum atomic E-state index is 2.68. The van der Waals surface area contributed by atoms with Gasteiger partial charge in [0.05, 0.1) is 0 Å². The maximum Gasteiger partial charge on any atom is 0.00976 e. The van der Waals surface area contributed by atoms with Gasteiger partial charge in [-0.25, -0.2) is 0 Å². The predicted octanol–water partition coefficient (Wildman–Crippen LogP) is 3.30. The van der Waals surface area contributed by atoms with E-state index in [2.05, 4.69) is 25.7 Å². The Morgan fingerprint density at radius 3 is 2.54 bits per heavy atom. The van der Waals surface area contributed by atoms with E-state index in [1.807, 2.05) is 0 Å². The molecular weight excluding hydrogens is 158 g/mol. The van der Waals surface area contributed by atoms with E-state index in [0.717, 1.165) is 12.0 Å². The van der Waals surface area contributed by atoms with Gasteiger partial charge < -0.3 is 4.90 Å². The van der Waals surface area contributed by atoms with Crippen LogP contribution in [0.2, 0.25) is 0 Å². The van der Waals surface area contributed by atoms with Gasteiger partial charge in [-0.2, -0.15) is 0 Å². The highest BCUT2D eigenvalue weighted by atomic mass is 15.2. The highest BCUT2D eigenvalue weighted by Crippen LogP contribution is 2.27. The Kier molecular flexibility index (Phi) is 4.79. The minimum atomic E-state index is 0.897. The molecule has 1 aliphatic rings. The molecule has 0 aromatic rings. The average molecular weight is 183 g/mol. The Bertz CT molecular complexity index is 133. The van der Waals surface area contributed by atoms with Crippen LogP contribution in [0, 0.1) is 5.92 Å². The van der Waals surface area contributed by atoms with Crippen molar-refractivity contribution >= 4 is 0 Å². The Morgan fingerprint density at radius 1 is 1.23 bits per heavy atom. The fourth-order valence-corrected chi connectivity index (χ4v) is 2.60. The quantitative estimate of drug-likeness (QED) is 0.646. The van der Waals surface area contributed by atoms with Crippen LogP contribution in [0.25, 0.3) is 0 Å². The monoisotopic (exact) mass is 183 g/mol. The smallest absolute Gasteiger partial charge is 0.00976 e. The van der Waals surface area contributed by atoms with E-state index in [9.17, 15) is 0 Å². The lowest BCUT2D eigenvalue weighted by molar-refractivity contribution is 0.109. The van der Waals surface area contributed by atoms with Crippen LogP contribution in [0.1, 0.15) is 52.9 Å². The molecule has 0 aromatic heterocycles. The minimum absolute atomic E-state index is 0.897. The molecule has 0 aromatic carbocycles. The molecule has 0 spiro atoms. The summed E-state index contributed by atoms with van der Waals surface area (Å²) in [5, 5.41) is 0. The molecule has 0 bridgehead atoms. The van der Waals surface area contributed by atoms with Gasteiger partial charge in [-0.3, -0.25) is 0 Å². The van der Waals surface area contributed by atoms with Crippen LogP contribution in [0.4, 0.5) is 0 Å². The van der Waals surface area contributed by atoms with Crippen LogP contribution in [0.5, 0.6) is 0 Å². The molecule has 1 rings (SSSR count). The molecule has 13 heavy (non-hydrogen) atoms. The van der Waals surface area contributed by atoms with Gasteiger partial charge in [-0.15, -0.1) is 0 Å². The third-order valence-electron chi connectivity index (χ3n) is 3.55. The van der Waals surface area contributed by atoms with Crippen molar-refractivity contribution in [2.24, 2.45) is 5.92 Å². The lowest BCUT2D eigenvalue weighted by atomic mass is 9.87. The number of hydrogen-bond acceptors (Lipinski definition) is 1. The van der Waals surface area contributed by atoms with Gasteiger partial charge in [0.25, 0.3) is 0 Å². The average Bonchev–Trinajstić information content (AvgIpc) is 2.18. The van der Waals surface area contributed by atoms with E-state index in [4.69, 9.17) is 0 Å². The lowest BCUT2D eigenvalue weighted by Gasteiger charge is -2.38. The predicted molar refractivity (Wildman–Crippen MR) is 59.0 cm³/mol. The lowest BCUT2D eigenvalue weighted by Crippen LogP contribution is -2.42. The Balaban J connectivity index is 2.42. The fraction of sp³-hybridized carbons (Fsp3) is 1.00. The standard InChI is InChI=1S/C12H25N/c1-4-7-12-10-11(5-2)8-9-13(12)6-3/h11-12H,4-10H2,1-3H3. The zero-order valence-electron chi connectivity index (χ0n) is 9.55. The van der Waals surface area contributed by atoms with Gasteiger partial charge in [0, 0.05) is 6.04 Å². The van der Waals surface area contributed by atoms with E-state index >= 15 is 0 Å². The van der Waals surface area contributed by atoms with Gasteiger partial charge in [0.15, 0.2) is 0 Å². The zero-order valence-corrected chi connectivity index (χ0v) is 9.55. The first-order valence-electron chi connectivity index (χ1n) is 6.05. The summed E-state index contributed by atoms with van der Waals surface area (Å²) < 4.78 is 0. The number of piperidine rings is 1. The van der Waals surface area contributed by atoms with Crippen molar-refractivity contribution in [2.45, 2.75) is 58.9 Å². The molecule has 0 radical (unpaired) electrons. The van der Waals surface area contributed by atoms with Gasteiger partial charge in [-0.05, 0) is 38.3 Å². The van der Waals surface area contributed by atoms with E-state index in [0.29, 0.717) is 0 Å². The molecule has 2 unspecified atom stereocenters. The summed E-state index contributed by atoms with van der Waals surface area (Å²) in [4.78, 5) is 2.68. The van der Waals surface area contributed by atoms with Gasteiger partial charge >= 0.3 is 0 Å². The largest absolute Gasteiger partial charge is 0.301 e. The van der Waals surface area contributed by atoms with Crippen molar-refractivity contribution in [3.63, 3.8) is 0 Å². The summed E-state index contributed by atoms with van der Waals surface area (Å²) in [5.41, 5.74) is 0. The van der Waals surface area contributed by atoms with Crippen molar-refractivity contribution in [3.05, 3.63) is 0 Å². The van der Waals surface area contributed by atoms with Crippen molar-refractivity contribution in [1.82, 2.24) is 4.90 Å². The SMILES string of the molecule is CCCC1CC(CC)CCN1CC. The van der Waals surface area contributed by atoms with Crippen LogP contribution in [0.3, 0.4) is 0 Å².